The molecule has 1 aromatic heterocycles. The van der Waals surface area contributed by atoms with Gasteiger partial charge in [0.15, 0.2) is 0 Å². The molecule has 2 aromatic carbocycles. The smallest absolute Gasteiger partial charge is 0.336 e. The van der Waals surface area contributed by atoms with Crippen molar-refractivity contribution >= 4 is 29.0 Å². The largest absolute Gasteiger partial charge is 0.484 e. The highest BCUT2D eigenvalue weighted by atomic mass is 16.6. The number of fused-ring (bicyclic) bond motifs is 2. The maximum atomic E-state index is 12.5. The van der Waals surface area contributed by atoms with E-state index in [9.17, 15) is 14.4 Å². The van der Waals surface area contributed by atoms with Gasteiger partial charge in [-0.05, 0) is 55.3 Å². The summed E-state index contributed by atoms with van der Waals surface area (Å²) in [5.74, 6) is 0.0662. The zero-order chi connectivity index (χ0) is 22.9. The summed E-state index contributed by atoms with van der Waals surface area (Å²) in [4.78, 5) is 35.1. The van der Waals surface area contributed by atoms with E-state index in [0.29, 0.717) is 29.1 Å². The summed E-state index contributed by atoms with van der Waals surface area (Å²) in [5.41, 5.74) is 0.791. The number of rotatable bonds is 4. The Labute approximate surface area is 184 Å². The average Bonchev–Trinajstić information content (AvgIpc) is 2.71. The second-order valence-corrected chi connectivity index (χ2v) is 8.09. The second-order valence-electron chi connectivity index (χ2n) is 8.09. The zero-order valence-electron chi connectivity index (χ0n) is 17.9. The predicted octanol–water partition coefficient (Wildman–Crippen LogP) is 4.06. The number of benzene rings is 2. The molecule has 4 rings (SSSR count). The van der Waals surface area contributed by atoms with Gasteiger partial charge in [0.1, 0.15) is 28.8 Å². The zero-order valence-corrected chi connectivity index (χ0v) is 17.9. The van der Waals surface area contributed by atoms with Gasteiger partial charge in [0.05, 0.1) is 0 Å². The number of carbonyl (C=O) groups is 2. The summed E-state index contributed by atoms with van der Waals surface area (Å²) in [5, 5.41) is 0.768. The van der Waals surface area contributed by atoms with Crippen LogP contribution in [0.25, 0.3) is 17.0 Å². The quantitative estimate of drug-likeness (QED) is 0.265. The molecule has 7 heteroatoms. The van der Waals surface area contributed by atoms with Gasteiger partial charge in [-0.15, -0.1) is 0 Å². The van der Waals surface area contributed by atoms with Crippen molar-refractivity contribution < 1.29 is 28.2 Å². The Morgan fingerprint density at radius 2 is 1.94 bits per heavy atom. The summed E-state index contributed by atoms with van der Waals surface area (Å²) in [6, 6.07) is 13.4. The summed E-state index contributed by atoms with van der Waals surface area (Å²) >= 11 is 0. The van der Waals surface area contributed by atoms with Gasteiger partial charge in [0, 0.05) is 36.9 Å². The van der Waals surface area contributed by atoms with Crippen LogP contribution in [0.5, 0.6) is 11.5 Å². The predicted molar refractivity (Wildman–Crippen MR) is 118 cm³/mol. The molecule has 0 N–H and O–H groups in total. The highest BCUT2D eigenvalue weighted by Gasteiger charge is 2.39. The van der Waals surface area contributed by atoms with E-state index in [2.05, 4.69) is 0 Å². The van der Waals surface area contributed by atoms with Gasteiger partial charge in [0.25, 0.3) is 0 Å². The maximum absolute atomic E-state index is 12.5. The molecule has 0 bridgehead atoms. The fraction of sp³-hybridized carbons (Fsp3) is 0.240. The van der Waals surface area contributed by atoms with Gasteiger partial charge in [-0.2, -0.15) is 0 Å². The molecule has 0 radical (unpaired) electrons. The number of carbonyl (C=O) groups excluding carboxylic acids is 2. The third kappa shape index (κ3) is 4.72. The Morgan fingerprint density at radius 3 is 2.72 bits per heavy atom. The van der Waals surface area contributed by atoms with Crippen LogP contribution in [0.2, 0.25) is 0 Å². The lowest BCUT2D eigenvalue weighted by Crippen LogP contribution is -2.48. The van der Waals surface area contributed by atoms with Crippen molar-refractivity contribution in [2.24, 2.45) is 0 Å². The molecule has 0 saturated carbocycles. The Bertz CT molecular complexity index is 1280. The van der Waals surface area contributed by atoms with Crippen molar-refractivity contribution in [1.29, 1.82) is 0 Å². The van der Waals surface area contributed by atoms with Crippen LogP contribution in [0.3, 0.4) is 0 Å². The third-order valence-electron chi connectivity index (χ3n) is 5.15. The van der Waals surface area contributed by atoms with Gasteiger partial charge in [-0.1, -0.05) is 12.1 Å². The molecule has 1 atom stereocenters. The lowest BCUT2D eigenvalue weighted by atomic mass is 9.90. The fourth-order valence-electron chi connectivity index (χ4n) is 3.57. The molecular formula is C25H22O7. The van der Waals surface area contributed by atoms with Crippen LogP contribution in [-0.2, 0) is 20.7 Å². The van der Waals surface area contributed by atoms with E-state index < -0.39 is 29.3 Å². The van der Waals surface area contributed by atoms with E-state index in [1.54, 1.807) is 42.5 Å². The molecule has 0 fully saturated rings. The molecule has 3 aromatic rings. The normalized spacial score (nSPS) is 16.9. The first-order valence-electron chi connectivity index (χ1n) is 10.1. The second kappa shape index (κ2) is 8.34. The molecule has 32 heavy (non-hydrogen) atoms. The van der Waals surface area contributed by atoms with Crippen molar-refractivity contribution in [3.8, 4) is 11.5 Å². The third-order valence-corrected chi connectivity index (χ3v) is 5.15. The molecule has 0 amide bonds. The summed E-state index contributed by atoms with van der Waals surface area (Å²) in [6.07, 6.45) is 2.86. The first-order valence-corrected chi connectivity index (χ1v) is 10.1. The van der Waals surface area contributed by atoms with Crippen LogP contribution in [0.15, 0.2) is 63.8 Å². The van der Waals surface area contributed by atoms with Crippen LogP contribution < -0.4 is 15.1 Å². The first kappa shape index (κ1) is 21.4. The average molecular weight is 434 g/mol. The summed E-state index contributed by atoms with van der Waals surface area (Å²) in [7, 11) is 0. The van der Waals surface area contributed by atoms with Gasteiger partial charge in [-0.3, -0.25) is 4.79 Å². The van der Waals surface area contributed by atoms with Crippen molar-refractivity contribution in [3.63, 3.8) is 0 Å². The van der Waals surface area contributed by atoms with Gasteiger partial charge in [0.2, 0.25) is 0 Å². The highest BCUT2D eigenvalue weighted by Crippen LogP contribution is 2.37. The van der Waals surface area contributed by atoms with Crippen LogP contribution in [-0.4, -0.2) is 23.6 Å². The monoisotopic (exact) mass is 434 g/mol. The van der Waals surface area contributed by atoms with Gasteiger partial charge < -0.3 is 18.6 Å². The minimum atomic E-state index is -0.783. The SMILES string of the molecule is CC(=O)Oc1cccc(C=CC(=O)OC2Cc3cc4ccc(=O)oc4cc3OC2(C)C)c1. The fourth-order valence-corrected chi connectivity index (χ4v) is 3.57. The van der Waals surface area contributed by atoms with E-state index in [1.807, 2.05) is 19.9 Å². The minimum absolute atomic E-state index is 0.398. The van der Waals surface area contributed by atoms with Crippen LogP contribution >= 0.6 is 0 Å². The Balaban J connectivity index is 1.50. The minimum Gasteiger partial charge on any atom is -0.484 e. The molecule has 1 aliphatic heterocycles. The Kier molecular flexibility index (Phi) is 5.57. The van der Waals surface area contributed by atoms with Crippen molar-refractivity contribution in [2.75, 3.05) is 0 Å². The lowest BCUT2D eigenvalue weighted by Gasteiger charge is -2.39. The van der Waals surface area contributed by atoms with E-state index in [4.69, 9.17) is 18.6 Å². The molecular weight excluding hydrogens is 412 g/mol. The van der Waals surface area contributed by atoms with Crippen LogP contribution in [0.4, 0.5) is 0 Å². The lowest BCUT2D eigenvalue weighted by molar-refractivity contribution is -0.155. The number of esters is 2. The van der Waals surface area contributed by atoms with Gasteiger partial charge in [-0.25, -0.2) is 9.59 Å². The van der Waals surface area contributed by atoms with Crippen LogP contribution in [0.1, 0.15) is 31.9 Å². The van der Waals surface area contributed by atoms with E-state index in [-0.39, 0.29) is 0 Å². The van der Waals surface area contributed by atoms with Crippen molar-refractivity contribution in [1.82, 2.24) is 0 Å². The summed E-state index contributed by atoms with van der Waals surface area (Å²) in [6.45, 7) is 5.00. The molecule has 0 saturated heterocycles. The molecule has 1 unspecified atom stereocenters. The topological polar surface area (TPSA) is 92.0 Å². The van der Waals surface area contributed by atoms with Gasteiger partial charge >= 0.3 is 17.6 Å². The number of hydrogen-bond acceptors (Lipinski definition) is 7. The highest BCUT2D eigenvalue weighted by molar-refractivity contribution is 5.87. The Morgan fingerprint density at radius 1 is 1.12 bits per heavy atom. The van der Waals surface area contributed by atoms with Crippen molar-refractivity contribution in [3.05, 3.63) is 76.2 Å². The van der Waals surface area contributed by atoms with E-state index >= 15 is 0 Å². The first-order chi connectivity index (χ1) is 15.2. The molecule has 164 valence electrons. The molecule has 0 spiro atoms. The molecule has 0 aliphatic carbocycles. The van der Waals surface area contributed by atoms with E-state index in [1.165, 1.54) is 19.1 Å². The van der Waals surface area contributed by atoms with Crippen LogP contribution in [0, 0.1) is 0 Å². The number of ether oxygens (including phenoxy) is 3. The van der Waals surface area contributed by atoms with Crippen molar-refractivity contribution in [2.45, 2.75) is 38.9 Å². The summed E-state index contributed by atoms with van der Waals surface area (Å²) < 4.78 is 22.1. The molecule has 2 heterocycles. The Hall–Kier alpha value is -3.87. The molecule has 7 nitrogen and oxygen atoms in total. The molecule has 1 aliphatic rings. The van der Waals surface area contributed by atoms with E-state index in [0.717, 1.165) is 10.9 Å². The maximum Gasteiger partial charge on any atom is 0.336 e. The standard InChI is InChI=1S/C25H22O7/c1-15(26)29-19-6-4-5-16(11-19)7-9-24(28)31-22-13-18-12-17-8-10-23(27)30-20(17)14-21(18)32-25(22,2)3/h4-12,14,22H,13H2,1-3H3. The number of hydrogen-bond donors (Lipinski definition) is 0.